The van der Waals surface area contributed by atoms with Gasteiger partial charge in [0.05, 0.1) is 19.8 Å². The topological polar surface area (TPSA) is 103 Å². The molecule has 2 amide bonds. The van der Waals surface area contributed by atoms with Gasteiger partial charge in [0.2, 0.25) is 0 Å². The molecule has 0 radical (unpaired) electrons. The maximum absolute atomic E-state index is 12.3. The Morgan fingerprint density at radius 2 is 1.86 bits per heavy atom. The maximum atomic E-state index is 12.3. The second kappa shape index (κ2) is 8.78. The lowest BCUT2D eigenvalue weighted by molar-refractivity contribution is -0.114. The van der Waals surface area contributed by atoms with Gasteiger partial charge in [0.1, 0.15) is 0 Å². The van der Waals surface area contributed by atoms with E-state index >= 15 is 0 Å². The molecule has 2 aromatic carbocycles. The Hall–Kier alpha value is -3.33. The molecule has 29 heavy (non-hydrogen) atoms. The molecular formula is C20H17BrN2O6. The quantitative estimate of drug-likeness (QED) is 0.306. The molecule has 0 saturated carbocycles. The molecule has 8 nitrogen and oxygen atoms in total. The highest BCUT2D eigenvalue weighted by Gasteiger charge is 2.27. The van der Waals surface area contributed by atoms with Gasteiger partial charge >= 0.3 is 6.16 Å². The van der Waals surface area contributed by atoms with Gasteiger partial charge in [0, 0.05) is 28.3 Å². The van der Waals surface area contributed by atoms with E-state index in [9.17, 15) is 14.4 Å². The number of rotatable bonds is 5. The minimum Gasteiger partial charge on any atom is -0.493 e. The highest BCUT2D eigenvalue weighted by molar-refractivity contribution is 9.10. The van der Waals surface area contributed by atoms with Gasteiger partial charge < -0.3 is 19.5 Å². The third kappa shape index (κ3) is 4.57. The van der Waals surface area contributed by atoms with Crippen LogP contribution in [0, 0.1) is 0 Å². The summed E-state index contributed by atoms with van der Waals surface area (Å²) in [5, 5.41) is 5.36. The number of fused-ring (bicyclic) bond motifs is 1. The molecule has 3 rings (SSSR count). The van der Waals surface area contributed by atoms with Gasteiger partial charge in [-0.3, -0.25) is 14.9 Å². The van der Waals surface area contributed by atoms with Crippen LogP contribution in [0.15, 0.2) is 47.1 Å². The third-order valence-electron chi connectivity index (χ3n) is 4.13. The van der Waals surface area contributed by atoms with Crippen LogP contribution in [-0.2, 0) is 16.1 Å². The summed E-state index contributed by atoms with van der Waals surface area (Å²) < 4.78 is 15.5. The largest absolute Gasteiger partial charge is 0.513 e. The molecule has 150 valence electrons. The van der Waals surface area contributed by atoms with E-state index in [0.717, 1.165) is 10.0 Å². The van der Waals surface area contributed by atoms with Crippen LogP contribution in [0.2, 0.25) is 0 Å². The van der Waals surface area contributed by atoms with Gasteiger partial charge in [0.25, 0.3) is 11.8 Å². The first-order chi connectivity index (χ1) is 13.9. The number of carbonyl (C=O) groups is 3. The first-order valence-electron chi connectivity index (χ1n) is 8.44. The van der Waals surface area contributed by atoms with Crippen LogP contribution in [0.25, 0.3) is 5.57 Å². The van der Waals surface area contributed by atoms with Gasteiger partial charge in [0.15, 0.2) is 11.5 Å². The van der Waals surface area contributed by atoms with E-state index in [1.165, 1.54) is 20.4 Å². The zero-order valence-electron chi connectivity index (χ0n) is 15.6. The monoisotopic (exact) mass is 460 g/mol. The van der Waals surface area contributed by atoms with Crippen molar-refractivity contribution in [2.24, 2.45) is 0 Å². The third-order valence-corrected chi connectivity index (χ3v) is 4.62. The van der Waals surface area contributed by atoms with Crippen LogP contribution in [0.3, 0.4) is 0 Å². The number of hydrogen-bond acceptors (Lipinski definition) is 7. The Bertz CT molecular complexity index is 1020. The van der Waals surface area contributed by atoms with Gasteiger partial charge in [-0.25, -0.2) is 4.79 Å². The molecule has 0 fully saturated rings. The van der Waals surface area contributed by atoms with Crippen LogP contribution < -0.4 is 20.1 Å². The maximum Gasteiger partial charge on any atom is 0.513 e. The lowest BCUT2D eigenvalue weighted by Gasteiger charge is -2.18. The van der Waals surface area contributed by atoms with E-state index in [0.29, 0.717) is 29.0 Å². The first-order valence-corrected chi connectivity index (χ1v) is 9.24. The molecule has 9 heteroatoms. The summed E-state index contributed by atoms with van der Waals surface area (Å²) >= 11 is 3.36. The number of hydrogen-bond donors (Lipinski definition) is 2. The fourth-order valence-electron chi connectivity index (χ4n) is 2.75. The normalized spacial score (nSPS) is 14.1. The smallest absolute Gasteiger partial charge is 0.493 e. The van der Waals surface area contributed by atoms with Crippen LogP contribution in [0.4, 0.5) is 4.79 Å². The lowest BCUT2D eigenvalue weighted by atomic mass is 9.95. The summed E-state index contributed by atoms with van der Waals surface area (Å²) in [6.45, 7) is 0.329. The van der Waals surface area contributed by atoms with Gasteiger partial charge in [-0.1, -0.05) is 22.0 Å². The molecule has 2 N–H and O–H groups in total. The van der Waals surface area contributed by atoms with E-state index in [1.807, 2.05) is 0 Å². The Kier molecular flexibility index (Phi) is 6.18. The van der Waals surface area contributed by atoms with Crippen molar-refractivity contribution in [2.75, 3.05) is 14.2 Å². The summed E-state index contributed by atoms with van der Waals surface area (Å²) in [7, 11) is 2.67. The molecular weight excluding hydrogens is 444 g/mol. The second-order valence-electron chi connectivity index (χ2n) is 5.95. The Morgan fingerprint density at radius 3 is 2.59 bits per heavy atom. The predicted octanol–water partition coefficient (Wildman–Crippen LogP) is 3.00. The summed E-state index contributed by atoms with van der Waals surface area (Å²) in [6, 6.07) is 10.2. The summed E-state index contributed by atoms with van der Waals surface area (Å²) in [4.78, 5) is 35.7. The minimum absolute atomic E-state index is 0.210. The molecule has 0 bridgehead atoms. The average Bonchev–Trinajstić information content (AvgIpc) is 2.70. The molecule has 2 aromatic rings. The summed E-state index contributed by atoms with van der Waals surface area (Å²) in [5.74, 6) is -0.338. The molecule has 0 unspecified atom stereocenters. The number of benzene rings is 2. The zero-order valence-corrected chi connectivity index (χ0v) is 17.2. The van der Waals surface area contributed by atoms with Crippen molar-refractivity contribution >= 4 is 39.5 Å². The van der Waals surface area contributed by atoms with Crippen molar-refractivity contribution in [1.82, 2.24) is 10.6 Å². The van der Waals surface area contributed by atoms with Gasteiger partial charge in [-0.05, 0) is 35.9 Å². The van der Waals surface area contributed by atoms with Gasteiger partial charge in [-0.2, -0.15) is 0 Å². The summed E-state index contributed by atoms with van der Waals surface area (Å²) in [5.41, 5.74) is 2.05. The molecule has 1 heterocycles. The average molecular weight is 461 g/mol. The number of nitrogens with one attached hydrogen (secondary N) is 2. The van der Waals surface area contributed by atoms with Crippen molar-refractivity contribution in [3.8, 4) is 11.5 Å². The Morgan fingerprint density at radius 1 is 1.07 bits per heavy atom. The predicted molar refractivity (Wildman–Crippen MR) is 107 cm³/mol. The zero-order chi connectivity index (χ0) is 21.0. The molecule has 0 saturated heterocycles. The number of ether oxygens (including phenoxy) is 3. The van der Waals surface area contributed by atoms with E-state index in [-0.39, 0.29) is 5.75 Å². The molecule has 1 aliphatic rings. The lowest BCUT2D eigenvalue weighted by Crippen LogP contribution is -2.37. The number of methoxy groups -OCH3 is 2. The van der Waals surface area contributed by atoms with E-state index in [4.69, 9.17) is 9.47 Å². The van der Waals surface area contributed by atoms with E-state index in [1.54, 1.807) is 36.4 Å². The first kappa shape index (κ1) is 20.4. The second-order valence-corrected chi connectivity index (χ2v) is 6.87. The highest BCUT2D eigenvalue weighted by Crippen LogP contribution is 2.29. The van der Waals surface area contributed by atoms with E-state index < -0.39 is 18.0 Å². The molecule has 1 aliphatic heterocycles. The molecule has 0 atom stereocenters. The Balaban J connectivity index is 1.81. The van der Waals surface area contributed by atoms with Crippen LogP contribution >= 0.6 is 15.9 Å². The van der Waals surface area contributed by atoms with Crippen molar-refractivity contribution in [3.05, 3.63) is 63.8 Å². The van der Waals surface area contributed by atoms with E-state index in [2.05, 4.69) is 31.3 Å². The number of imide groups is 1. The van der Waals surface area contributed by atoms with Crippen LogP contribution in [0.1, 0.15) is 21.5 Å². The Labute approximate surface area is 175 Å². The highest BCUT2D eigenvalue weighted by atomic mass is 79.9. The van der Waals surface area contributed by atoms with Gasteiger partial charge in [-0.15, -0.1) is 0 Å². The van der Waals surface area contributed by atoms with Crippen molar-refractivity contribution in [1.29, 1.82) is 0 Å². The molecule has 0 aliphatic carbocycles. The van der Waals surface area contributed by atoms with Crippen molar-refractivity contribution < 1.29 is 28.6 Å². The SMILES string of the molecule is COC(=O)Oc1cc(CNC=C2C(=O)NC(=O)c3ccc(Br)cc32)ccc1OC. The summed E-state index contributed by atoms with van der Waals surface area (Å²) in [6.07, 6.45) is 0.680. The fourth-order valence-corrected chi connectivity index (χ4v) is 3.12. The fraction of sp³-hybridized carbons (Fsp3) is 0.150. The number of carbonyl (C=O) groups excluding carboxylic acids is 3. The molecule has 0 spiro atoms. The molecule has 0 aromatic heterocycles. The van der Waals surface area contributed by atoms with Crippen LogP contribution in [0.5, 0.6) is 11.5 Å². The number of halogens is 1. The van der Waals surface area contributed by atoms with Crippen molar-refractivity contribution in [2.45, 2.75) is 6.54 Å². The van der Waals surface area contributed by atoms with Crippen molar-refractivity contribution in [3.63, 3.8) is 0 Å². The standard InChI is InChI=1S/C20H17BrN2O6/c1-27-16-6-3-11(7-17(16)29-20(26)28-2)9-22-10-15-14-8-12(21)4-5-13(14)18(24)23-19(15)25/h3-8,10,22H,9H2,1-2H3,(H,23,24,25). The minimum atomic E-state index is -0.860. The van der Waals surface area contributed by atoms with Crippen LogP contribution in [-0.4, -0.2) is 32.2 Å². The number of amides is 2.